The van der Waals surface area contributed by atoms with E-state index in [2.05, 4.69) is 86.1 Å². The van der Waals surface area contributed by atoms with E-state index in [4.69, 9.17) is 24.1 Å². The summed E-state index contributed by atoms with van der Waals surface area (Å²) in [5.41, 5.74) is 6.18. The van der Waals surface area contributed by atoms with Crippen LogP contribution in [0.2, 0.25) is 0 Å². The lowest BCUT2D eigenvalue weighted by atomic mass is 9.77. The Morgan fingerprint density at radius 2 is 0.979 bits per heavy atom. The lowest BCUT2D eigenvalue weighted by Crippen LogP contribution is -2.52. The van der Waals surface area contributed by atoms with Gasteiger partial charge in [-0.25, -0.2) is 23.9 Å². The Bertz CT molecular complexity index is 5280. The molecule has 2 fully saturated rings. The molecule has 5 atom stereocenters. The highest BCUT2D eigenvalue weighted by molar-refractivity contribution is 14.1. The van der Waals surface area contributed by atoms with Crippen molar-refractivity contribution in [2.24, 2.45) is 17.8 Å². The van der Waals surface area contributed by atoms with Gasteiger partial charge in [0.15, 0.2) is 0 Å². The van der Waals surface area contributed by atoms with Gasteiger partial charge in [-0.05, 0) is 177 Å². The van der Waals surface area contributed by atoms with Gasteiger partial charge >= 0.3 is 41.8 Å². The number of benzene rings is 5. The molecule has 2 aliphatic heterocycles. The van der Waals surface area contributed by atoms with Gasteiger partial charge in [0, 0.05) is 163 Å². The first-order chi connectivity index (χ1) is 70.4. The van der Waals surface area contributed by atoms with Gasteiger partial charge in [0.2, 0.25) is 47.3 Å². The number of aliphatic carboxylic acids is 6. The maximum absolute atomic E-state index is 14.3. The fourth-order valence-electron chi connectivity index (χ4n) is 17.5. The maximum Gasteiger partial charge on any atom is 0.326 e. The molecule has 16 N–H and O–H groups in total. The molecule has 1 saturated carbocycles. The monoisotopic (exact) mass is 2150 g/mol. The number of Topliss-reactive ketones (excluding diaryl/α,β-unsaturated/α-hetero) is 1. The average molecular weight is 2150 g/mol. The van der Waals surface area contributed by atoms with Crippen LogP contribution < -0.4 is 58.1 Å². The van der Waals surface area contributed by atoms with Crippen LogP contribution in [0.5, 0.6) is 0 Å². The number of carbonyl (C=O) groups is 16. The number of rotatable bonds is 64. The number of carboxylic acid groups (broad SMARTS) is 6. The second-order valence-electron chi connectivity index (χ2n) is 36.6. The fraction of sp³-hybridized carbons (Fsp3) is 0.549. The molecule has 0 bridgehead atoms. The van der Waals surface area contributed by atoms with Crippen molar-refractivity contribution in [1.29, 1.82) is 0 Å². The molecule has 3 aliphatic rings. The van der Waals surface area contributed by atoms with Crippen molar-refractivity contribution in [3.8, 4) is 22.5 Å². The topological polar surface area (TPSA) is 595 Å². The Kier molecular flexibility index (Phi) is 51.6. The molecule has 10 amide bonds. The number of aryl methyl sites for hydroxylation is 2. The van der Waals surface area contributed by atoms with Gasteiger partial charge in [-0.3, -0.25) is 72.2 Å². The molecule has 6 aromatic rings. The number of ether oxygens (including phenoxy) is 4. The lowest BCUT2D eigenvalue weighted by molar-refractivity contribution is -0.143. The van der Waals surface area contributed by atoms with Crippen molar-refractivity contribution < 1.29 is 126 Å². The molecule has 3 heterocycles. The standard InChI is InChI=1S/C102H140IN17O26/c103-77-31-26-69(27-32-77)13-11-22-86(122)105-40-9-7-19-81(99(136)137)111-98(135)80(33-35-88(124)109-64-70-23-29-73(30-24-70)85(121)63-76(62-71-25-28-72-14-1-2-15-74(72)61-71)97(134)108-41-10-8-20-82(100(138)139)112-102(142)113-83(101(140)141)34-38-92(128)129)110-89(125)39-53-143-55-57-145-59-60-146-58-56-144-54-45-107-87(123)36-37-91(127)119-65-75-16-3-4-17-78(75)96-95(79-18-5-6-21-84(79)119)114-115-120(96)46-12-42-106-90(126)66-116-47-43-104-44-48-117(67-93(130)131)50-52-118(51-49-116)68-94(132)133/h1-6,14-18,21,25-28,31-32,61,70,73,76,80-83,104H,7-13,19-20,22-24,29-30,33-60,62-68H2,(H,105,122)(H,106,126)(H,107,123)(H,108,134)(H,109,124)(H,110,125)(H,111,135)(H,128,129)(H,130,131)(H,132,133)(H,136,137)(H,138,139)(H,140,141)(H2,112,113,142). The van der Waals surface area contributed by atoms with Crippen molar-refractivity contribution in [1.82, 2.24) is 82.9 Å². The molecule has 1 saturated heterocycles. The van der Waals surface area contributed by atoms with E-state index in [9.17, 15) is 102 Å². The van der Waals surface area contributed by atoms with Crippen LogP contribution in [0.4, 0.5) is 10.5 Å². The molecule has 146 heavy (non-hydrogen) atoms. The van der Waals surface area contributed by atoms with E-state index in [1.165, 1.54) is 0 Å². The number of ketones is 1. The van der Waals surface area contributed by atoms with Gasteiger partial charge in [-0.1, -0.05) is 102 Å². The minimum absolute atomic E-state index is 0.00216. The summed E-state index contributed by atoms with van der Waals surface area (Å²) in [7, 11) is 0. The molecule has 0 spiro atoms. The SMILES string of the molecule is O=C(O)CCC(NC(=O)NC(CCCCNC(=O)C(CC(=O)C1CCC(CNC(=O)CCC(NC(=O)CCOCCOCCOCCOCCNC(=O)CCC(=O)N2Cc3ccccc3-c3c(nnn3CCCNC(=O)CN3CCNCCN(CC(=O)O)CCN(CC(=O)O)CC3)-c3ccccc32)C(=O)NC(CCCCNC(=O)CCCc2ccc(I)cc2)C(=O)O)CC1)Cc1ccc2ccccc2c1)C(=O)O)C(=O)O. The molecular formula is C102H140IN17O26. The Morgan fingerprint density at radius 1 is 0.438 bits per heavy atom. The van der Waals surface area contributed by atoms with Gasteiger partial charge in [0.25, 0.3) is 0 Å². The minimum atomic E-state index is -1.58. The molecule has 1 aliphatic carbocycles. The van der Waals surface area contributed by atoms with Crippen molar-refractivity contribution in [2.75, 3.05) is 162 Å². The first-order valence-corrected chi connectivity index (χ1v) is 51.2. The molecule has 5 aromatic carbocycles. The summed E-state index contributed by atoms with van der Waals surface area (Å²) in [5.74, 6) is -12.0. The minimum Gasteiger partial charge on any atom is -0.481 e. The van der Waals surface area contributed by atoms with Crippen LogP contribution in [0.15, 0.2) is 115 Å². The predicted octanol–water partition coefficient (Wildman–Crippen LogP) is 5.00. The summed E-state index contributed by atoms with van der Waals surface area (Å²) >= 11 is 2.23. The van der Waals surface area contributed by atoms with Crippen LogP contribution in [-0.4, -0.2) is 337 Å². The summed E-state index contributed by atoms with van der Waals surface area (Å²) in [6.07, 6.45) is 3.78. The number of nitrogens with one attached hydrogen (secondary N) is 10. The number of anilines is 1. The third-order valence-corrected chi connectivity index (χ3v) is 26.2. The maximum atomic E-state index is 14.3. The molecular weight excluding hydrogens is 2010 g/mol. The number of fused-ring (bicyclic) bond motifs is 6. The highest BCUT2D eigenvalue weighted by Gasteiger charge is 2.35. The van der Waals surface area contributed by atoms with Gasteiger partial charge < -0.3 is 108 Å². The van der Waals surface area contributed by atoms with Gasteiger partial charge in [0.1, 0.15) is 35.6 Å². The normalized spacial score (nSPS) is 15.7. The number of halogens is 1. The number of nitrogens with zero attached hydrogens (tertiary/aromatic N) is 7. The smallest absolute Gasteiger partial charge is 0.326 e. The number of carboxylic acids is 6. The summed E-state index contributed by atoms with van der Waals surface area (Å²) in [6.45, 7) is 6.23. The zero-order valence-corrected chi connectivity index (χ0v) is 84.7. The number of unbranched alkanes of at least 4 members (excludes halogenated alkanes) is 2. The molecule has 5 unspecified atom stereocenters. The van der Waals surface area contributed by atoms with Crippen LogP contribution in [0.1, 0.15) is 152 Å². The Morgan fingerprint density at radius 3 is 1.63 bits per heavy atom. The molecule has 0 radical (unpaired) electrons. The summed E-state index contributed by atoms with van der Waals surface area (Å²) in [6, 6.07) is 29.8. The Balaban J connectivity index is 0.660. The van der Waals surface area contributed by atoms with E-state index >= 15 is 0 Å². The first kappa shape index (κ1) is 117. The highest BCUT2D eigenvalue weighted by atomic mass is 127. The predicted molar refractivity (Wildman–Crippen MR) is 544 cm³/mol. The molecule has 9 rings (SSSR count). The Hall–Kier alpha value is -12.6. The van der Waals surface area contributed by atoms with Gasteiger partial charge in [-0.2, -0.15) is 0 Å². The van der Waals surface area contributed by atoms with Crippen molar-refractivity contribution >= 4 is 134 Å². The van der Waals surface area contributed by atoms with Crippen molar-refractivity contribution in [3.63, 3.8) is 0 Å². The van der Waals surface area contributed by atoms with Crippen LogP contribution in [0.3, 0.4) is 0 Å². The van der Waals surface area contributed by atoms with Crippen LogP contribution in [0, 0.1) is 21.3 Å². The number of aromatic nitrogens is 3. The highest BCUT2D eigenvalue weighted by Crippen LogP contribution is 2.42. The number of carbonyl (C=O) groups excluding carboxylic acids is 10. The lowest BCUT2D eigenvalue weighted by Gasteiger charge is -2.30. The van der Waals surface area contributed by atoms with E-state index in [-0.39, 0.29) is 223 Å². The van der Waals surface area contributed by atoms with E-state index in [1.807, 2.05) is 125 Å². The zero-order chi connectivity index (χ0) is 105. The second-order valence-corrected chi connectivity index (χ2v) is 37.8. The van der Waals surface area contributed by atoms with Crippen molar-refractivity contribution in [3.05, 3.63) is 136 Å². The third kappa shape index (κ3) is 43.2. The average Bonchev–Trinajstić information content (AvgIpc) is 1.56. The number of urea groups is 1. The van der Waals surface area contributed by atoms with Gasteiger partial charge in [0.05, 0.1) is 90.4 Å². The Labute approximate surface area is 861 Å². The zero-order valence-electron chi connectivity index (χ0n) is 82.5. The number of hydrogen-bond donors (Lipinski definition) is 16. The van der Waals surface area contributed by atoms with Crippen molar-refractivity contribution in [2.45, 2.75) is 185 Å². The van der Waals surface area contributed by atoms with E-state index in [1.54, 1.807) is 14.7 Å². The number of hydrogen-bond acceptors (Lipinski definition) is 26. The molecule has 43 nitrogen and oxygen atoms in total. The van der Waals surface area contributed by atoms with Crippen LogP contribution in [-0.2, 0) is 117 Å². The van der Waals surface area contributed by atoms with Crippen LogP contribution in [0.25, 0.3) is 33.3 Å². The summed E-state index contributed by atoms with van der Waals surface area (Å²) < 4.78 is 25.6. The van der Waals surface area contributed by atoms with Crippen LogP contribution >= 0.6 is 22.6 Å². The number of para-hydroxylation sites is 1. The van der Waals surface area contributed by atoms with E-state index in [0.29, 0.717) is 140 Å². The molecule has 1 aromatic heterocycles. The first-order valence-electron chi connectivity index (χ1n) is 50.1. The van der Waals surface area contributed by atoms with E-state index < -0.39 is 102 Å². The summed E-state index contributed by atoms with van der Waals surface area (Å²) in [5, 5.41) is 96.0. The second kappa shape index (κ2) is 64.4. The third-order valence-electron chi connectivity index (χ3n) is 25.5. The molecule has 44 heteroatoms. The van der Waals surface area contributed by atoms with E-state index in [0.717, 1.165) is 48.7 Å². The largest absolute Gasteiger partial charge is 0.481 e. The quantitative estimate of drug-likeness (QED) is 0.0176. The summed E-state index contributed by atoms with van der Waals surface area (Å²) in [4.78, 5) is 213. The molecule has 796 valence electrons. The number of amides is 10. The fourth-order valence-corrected chi connectivity index (χ4v) is 17.8. The van der Waals surface area contributed by atoms with Gasteiger partial charge in [-0.15, -0.1) is 5.10 Å².